The van der Waals surface area contributed by atoms with E-state index in [0.29, 0.717) is 24.5 Å². The van der Waals surface area contributed by atoms with E-state index in [0.717, 1.165) is 13.0 Å². The van der Waals surface area contributed by atoms with Crippen molar-refractivity contribution in [2.24, 2.45) is 11.8 Å². The van der Waals surface area contributed by atoms with Crippen molar-refractivity contribution in [1.29, 1.82) is 0 Å². The van der Waals surface area contributed by atoms with Gasteiger partial charge in [0.15, 0.2) is 0 Å². The summed E-state index contributed by atoms with van der Waals surface area (Å²) < 4.78 is 0. The first-order chi connectivity index (χ1) is 8.88. The second kappa shape index (κ2) is 5.37. The Morgan fingerprint density at radius 2 is 2.17 bits per heavy atom. The van der Waals surface area contributed by atoms with Gasteiger partial charge in [0.2, 0.25) is 0 Å². The van der Waals surface area contributed by atoms with E-state index in [-0.39, 0.29) is 0 Å². The number of aliphatic hydroxyl groups is 1. The van der Waals surface area contributed by atoms with Gasteiger partial charge < -0.3 is 10.4 Å². The number of fused-ring (bicyclic) bond motifs is 1. The number of nitrogens with one attached hydrogen (secondary N) is 1. The molecule has 1 aromatic heterocycles. The van der Waals surface area contributed by atoms with Gasteiger partial charge in [-0.3, -0.25) is 4.98 Å². The van der Waals surface area contributed by atoms with Crippen LogP contribution < -0.4 is 5.32 Å². The van der Waals surface area contributed by atoms with E-state index in [1.165, 1.54) is 36.9 Å². The average Bonchev–Trinajstić information content (AvgIpc) is 3.02. The number of pyridine rings is 1. The summed E-state index contributed by atoms with van der Waals surface area (Å²) in [4.78, 5) is 4.51. The van der Waals surface area contributed by atoms with E-state index in [4.69, 9.17) is 0 Å². The SMILES string of the molecule is OCC1CCCC1CNC1CCc2cccnc21. The summed E-state index contributed by atoms with van der Waals surface area (Å²) >= 11 is 0. The molecule has 98 valence electrons. The van der Waals surface area contributed by atoms with Crippen molar-refractivity contribution in [3.05, 3.63) is 29.6 Å². The topological polar surface area (TPSA) is 45.1 Å². The lowest BCUT2D eigenvalue weighted by atomic mass is 9.96. The predicted octanol–water partition coefficient (Wildman–Crippen LogP) is 2.07. The van der Waals surface area contributed by atoms with E-state index in [2.05, 4.69) is 16.4 Å². The number of rotatable bonds is 4. The van der Waals surface area contributed by atoms with Crippen LogP contribution in [-0.2, 0) is 6.42 Å². The quantitative estimate of drug-likeness (QED) is 0.855. The van der Waals surface area contributed by atoms with Crippen molar-refractivity contribution in [3.63, 3.8) is 0 Å². The molecule has 3 heteroatoms. The molecule has 0 bridgehead atoms. The Morgan fingerprint density at radius 1 is 1.28 bits per heavy atom. The minimum absolute atomic E-state index is 0.353. The first-order valence-corrected chi connectivity index (χ1v) is 7.16. The van der Waals surface area contributed by atoms with Gasteiger partial charge in [-0.15, -0.1) is 0 Å². The molecular formula is C15H22N2O. The summed E-state index contributed by atoms with van der Waals surface area (Å²) in [6, 6.07) is 4.65. The van der Waals surface area contributed by atoms with Crippen molar-refractivity contribution in [1.82, 2.24) is 10.3 Å². The van der Waals surface area contributed by atoms with Crippen molar-refractivity contribution in [2.45, 2.75) is 38.1 Å². The fraction of sp³-hybridized carbons (Fsp3) is 0.667. The Labute approximate surface area is 109 Å². The first kappa shape index (κ1) is 12.1. The predicted molar refractivity (Wildman–Crippen MR) is 71.2 cm³/mol. The van der Waals surface area contributed by atoms with Crippen LogP contribution in [0.3, 0.4) is 0 Å². The third-order valence-electron chi connectivity index (χ3n) is 4.64. The molecule has 2 aliphatic carbocycles. The van der Waals surface area contributed by atoms with E-state index in [1.807, 2.05) is 12.3 Å². The van der Waals surface area contributed by atoms with Crippen LogP contribution in [0.15, 0.2) is 18.3 Å². The lowest BCUT2D eigenvalue weighted by Crippen LogP contribution is -2.29. The smallest absolute Gasteiger partial charge is 0.0605 e. The summed E-state index contributed by atoms with van der Waals surface area (Å²) in [5.41, 5.74) is 2.65. The molecule has 3 rings (SSSR count). The van der Waals surface area contributed by atoms with Crippen LogP contribution in [0.25, 0.3) is 0 Å². The highest BCUT2D eigenvalue weighted by molar-refractivity contribution is 5.27. The van der Waals surface area contributed by atoms with Crippen LogP contribution in [0.1, 0.15) is 43.0 Å². The third kappa shape index (κ3) is 2.29. The Morgan fingerprint density at radius 3 is 3.06 bits per heavy atom. The number of nitrogens with zero attached hydrogens (tertiary/aromatic N) is 1. The normalized spacial score (nSPS) is 30.6. The fourth-order valence-electron chi connectivity index (χ4n) is 3.53. The molecule has 18 heavy (non-hydrogen) atoms. The number of aromatic nitrogens is 1. The lowest BCUT2D eigenvalue weighted by molar-refractivity contribution is 0.190. The van der Waals surface area contributed by atoms with Crippen molar-refractivity contribution < 1.29 is 5.11 Å². The van der Waals surface area contributed by atoms with Gasteiger partial charge >= 0.3 is 0 Å². The highest BCUT2D eigenvalue weighted by Gasteiger charge is 2.29. The molecule has 1 aromatic rings. The second-order valence-electron chi connectivity index (χ2n) is 5.68. The molecular weight excluding hydrogens is 224 g/mol. The maximum absolute atomic E-state index is 9.35. The first-order valence-electron chi connectivity index (χ1n) is 7.16. The van der Waals surface area contributed by atoms with Gasteiger partial charge in [-0.25, -0.2) is 0 Å². The largest absolute Gasteiger partial charge is 0.396 e. The monoisotopic (exact) mass is 246 g/mol. The molecule has 0 spiro atoms. The Balaban J connectivity index is 1.58. The standard InChI is InChI=1S/C15H22N2O/c18-10-13-4-1-3-12(13)9-17-14-7-6-11-5-2-8-16-15(11)14/h2,5,8,12-14,17-18H,1,3-4,6-7,9-10H2. The molecule has 2 N–H and O–H groups in total. The molecule has 2 aliphatic rings. The Hall–Kier alpha value is -0.930. The number of aliphatic hydroxyl groups excluding tert-OH is 1. The fourth-order valence-corrected chi connectivity index (χ4v) is 3.53. The molecule has 3 atom stereocenters. The van der Waals surface area contributed by atoms with Crippen LogP contribution in [-0.4, -0.2) is 23.2 Å². The van der Waals surface area contributed by atoms with Crippen LogP contribution in [0.4, 0.5) is 0 Å². The molecule has 0 saturated heterocycles. The van der Waals surface area contributed by atoms with Gasteiger partial charge in [0.05, 0.1) is 11.7 Å². The molecule has 3 nitrogen and oxygen atoms in total. The minimum atomic E-state index is 0.353. The summed E-state index contributed by atoms with van der Waals surface area (Å²) in [7, 11) is 0. The summed E-state index contributed by atoms with van der Waals surface area (Å²) in [6.07, 6.45) is 7.95. The van der Waals surface area contributed by atoms with Crippen molar-refractivity contribution in [2.75, 3.05) is 13.2 Å². The molecule has 1 heterocycles. The van der Waals surface area contributed by atoms with E-state index in [9.17, 15) is 5.11 Å². The maximum atomic E-state index is 9.35. The van der Waals surface area contributed by atoms with Crippen molar-refractivity contribution >= 4 is 0 Å². The second-order valence-corrected chi connectivity index (χ2v) is 5.68. The van der Waals surface area contributed by atoms with Gasteiger partial charge in [-0.2, -0.15) is 0 Å². The Bertz CT molecular complexity index is 407. The zero-order valence-corrected chi connectivity index (χ0v) is 10.8. The van der Waals surface area contributed by atoms with Gasteiger partial charge in [0.1, 0.15) is 0 Å². The minimum Gasteiger partial charge on any atom is -0.396 e. The van der Waals surface area contributed by atoms with Gasteiger partial charge in [-0.1, -0.05) is 12.5 Å². The molecule has 0 amide bonds. The number of aryl methyl sites for hydroxylation is 1. The molecule has 0 aromatic carbocycles. The molecule has 0 radical (unpaired) electrons. The van der Waals surface area contributed by atoms with Crippen LogP contribution in [0.2, 0.25) is 0 Å². The van der Waals surface area contributed by atoms with Crippen LogP contribution >= 0.6 is 0 Å². The van der Waals surface area contributed by atoms with Crippen molar-refractivity contribution in [3.8, 4) is 0 Å². The lowest BCUT2D eigenvalue weighted by Gasteiger charge is -2.21. The molecule has 1 saturated carbocycles. The van der Waals surface area contributed by atoms with Gasteiger partial charge in [0.25, 0.3) is 0 Å². The summed E-state index contributed by atoms with van der Waals surface area (Å²) in [6.45, 7) is 1.39. The van der Waals surface area contributed by atoms with Crippen LogP contribution in [0.5, 0.6) is 0 Å². The van der Waals surface area contributed by atoms with E-state index < -0.39 is 0 Å². The summed E-state index contributed by atoms with van der Waals surface area (Å²) in [5.74, 6) is 1.17. The number of hydrogen-bond acceptors (Lipinski definition) is 3. The molecule has 0 aliphatic heterocycles. The average molecular weight is 246 g/mol. The van der Waals surface area contributed by atoms with Crippen LogP contribution in [0, 0.1) is 11.8 Å². The maximum Gasteiger partial charge on any atom is 0.0605 e. The molecule has 1 fully saturated rings. The zero-order chi connectivity index (χ0) is 12.4. The van der Waals surface area contributed by atoms with Gasteiger partial charge in [-0.05, 0) is 55.7 Å². The highest BCUT2D eigenvalue weighted by Crippen LogP contribution is 2.33. The summed E-state index contributed by atoms with van der Waals surface area (Å²) in [5, 5.41) is 13.0. The zero-order valence-electron chi connectivity index (χ0n) is 10.8. The number of hydrogen-bond donors (Lipinski definition) is 2. The Kier molecular flexibility index (Phi) is 3.62. The molecule has 3 unspecified atom stereocenters. The highest BCUT2D eigenvalue weighted by atomic mass is 16.3. The third-order valence-corrected chi connectivity index (χ3v) is 4.64. The van der Waals surface area contributed by atoms with Gasteiger partial charge in [0, 0.05) is 12.8 Å². The van der Waals surface area contributed by atoms with E-state index >= 15 is 0 Å². The van der Waals surface area contributed by atoms with E-state index in [1.54, 1.807) is 0 Å².